The Kier molecular flexibility index (Phi) is 6.74. The molecule has 0 saturated heterocycles. The van der Waals surface area contributed by atoms with Crippen molar-refractivity contribution in [3.8, 4) is 11.5 Å². The maximum atomic E-state index is 12.4. The van der Waals surface area contributed by atoms with Gasteiger partial charge in [-0.15, -0.1) is 0 Å². The topological polar surface area (TPSA) is 82.2 Å². The van der Waals surface area contributed by atoms with E-state index in [9.17, 15) is 9.59 Å². The summed E-state index contributed by atoms with van der Waals surface area (Å²) >= 11 is 0. The van der Waals surface area contributed by atoms with Crippen LogP contribution in [-0.4, -0.2) is 40.3 Å². The molecule has 0 spiro atoms. The zero-order chi connectivity index (χ0) is 21.7. The molecule has 1 heterocycles. The van der Waals surface area contributed by atoms with Gasteiger partial charge in [0.15, 0.2) is 6.61 Å². The van der Waals surface area contributed by atoms with Gasteiger partial charge < -0.3 is 24.1 Å². The highest BCUT2D eigenvalue weighted by atomic mass is 16.5. The molecule has 0 radical (unpaired) electrons. The number of carbonyl (C=O) groups excluding carboxylic acids is 1. The fraction of sp³-hybridized carbons (Fsp3) is 0.304. The van der Waals surface area contributed by atoms with E-state index in [1.165, 1.54) is 11.0 Å². The van der Waals surface area contributed by atoms with Gasteiger partial charge in [-0.2, -0.15) is 0 Å². The SMILES string of the molecule is COc1ccccc1[C@H](CNC(=O)COc1ccc2c(C)cc(=O)oc2c1)[NH+](C)C. The average Bonchev–Trinajstić information content (AvgIpc) is 2.72. The quantitative estimate of drug-likeness (QED) is 0.549. The number of amides is 1. The molecule has 0 aliphatic carbocycles. The van der Waals surface area contributed by atoms with E-state index in [-0.39, 0.29) is 18.6 Å². The van der Waals surface area contributed by atoms with Crippen molar-refractivity contribution in [1.82, 2.24) is 5.32 Å². The third-order valence-corrected chi connectivity index (χ3v) is 5.01. The Hall–Kier alpha value is -3.32. The molecule has 158 valence electrons. The zero-order valence-corrected chi connectivity index (χ0v) is 17.7. The molecule has 1 amide bonds. The molecule has 2 N–H and O–H groups in total. The van der Waals surface area contributed by atoms with Crippen molar-refractivity contribution in [3.05, 3.63) is 70.1 Å². The van der Waals surface area contributed by atoms with E-state index in [1.54, 1.807) is 19.2 Å². The fourth-order valence-corrected chi connectivity index (χ4v) is 3.39. The number of hydrogen-bond donors (Lipinski definition) is 2. The number of quaternary nitrogens is 1. The summed E-state index contributed by atoms with van der Waals surface area (Å²) in [6.07, 6.45) is 0. The molecule has 7 heteroatoms. The van der Waals surface area contributed by atoms with Crippen LogP contribution in [0, 0.1) is 6.92 Å². The first kappa shape index (κ1) is 21.4. The molecule has 0 fully saturated rings. The van der Waals surface area contributed by atoms with Gasteiger partial charge in [-0.05, 0) is 36.8 Å². The summed E-state index contributed by atoms with van der Waals surface area (Å²) < 4.78 is 16.3. The van der Waals surface area contributed by atoms with Gasteiger partial charge in [-0.25, -0.2) is 4.79 Å². The van der Waals surface area contributed by atoms with E-state index in [2.05, 4.69) is 5.32 Å². The van der Waals surface area contributed by atoms with Crippen LogP contribution in [0.3, 0.4) is 0 Å². The predicted molar refractivity (Wildman–Crippen MR) is 114 cm³/mol. The van der Waals surface area contributed by atoms with Gasteiger partial charge in [0, 0.05) is 17.5 Å². The summed E-state index contributed by atoms with van der Waals surface area (Å²) in [7, 11) is 5.70. The molecular weight excluding hydrogens is 384 g/mol. The molecule has 2 aromatic carbocycles. The normalized spacial score (nSPS) is 12.0. The lowest BCUT2D eigenvalue weighted by Crippen LogP contribution is -3.07. The number of hydrogen-bond acceptors (Lipinski definition) is 5. The van der Waals surface area contributed by atoms with Crippen LogP contribution in [0.4, 0.5) is 0 Å². The standard InChI is InChI=1S/C23H26N2O5/c1-15-11-23(27)30-21-12-16(9-10-17(15)21)29-14-22(26)24-13-19(25(2)3)18-7-5-6-8-20(18)28-4/h5-12,19H,13-14H2,1-4H3,(H,24,26)/p+1/t19-/m0/s1. The number of para-hydroxylation sites is 1. The third kappa shape index (κ3) is 4.99. The van der Waals surface area contributed by atoms with Crippen molar-refractivity contribution in [2.24, 2.45) is 0 Å². The smallest absolute Gasteiger partial charge is 0.336 e. The average molecular weight is 411 g/mol. The van der Waals surface area contributed by atoms with Gasteiger partial charge in [0.05, 0.1) is 33.3 Å². The minimum atomic E-state index is -0.413. The second-order valence-corrected chi connectivity index (χ2v) is 7.37. The largest absolute Gasteiger partial charge is 0.496 e. The lowest BCUT2D eigenvalue weighted by Gasteiger charge is -2.23. The maximum absolute atomic E-state index is 12.4. The number of ether oxygens (including phenoxy) is 2. The molecule has 0 bridgehead atoms. The number of aryl methyl sites for hydroxylation is 1. The van der Waals surface area contributed by atoms with E-state index in [0.717, 1.165) is 22.3 Å². The van der Waals surface area contributed by atoms with Crippen LogP contribution in [-0.2, 0) is 4.79 Å². The Balaban J connectivity index is 1.62. The highest BCUT2D eigenvalue weighted by molar-refractivity contribution is 5.81. The summed E-state index contributed by atoms with van der Waals surface area (Å²) in [6, 6.07) is 14.5. The summed E-state index contributed by atoms with van der Waals surface area (Å²) in [5.74, 6) is 1.02. The van der Waals surface area contributed by atoms with Crippen molar-refractivity contribution >= 4 is 16.9 Å². The molecule has 1 aromatic heterocycles. The summed E-state index contributed by atoms with van der Waals surface area (Å²) in [6.45, 7) is 2.15. The monoisotopic (exact) mass is 411 g/mol. The second kappa shape index (κ2) is 9.45. The van der Waals surface area contributed by atoms with E-state index >= 15 is 0 Å². The molecule has 7 nitrogen and oxygen atoms in total. The fourth-order valence-electron chi connectivity index (χ4n) is 3.39. The lowest BCUT2D eigenvalue weighted by molar-refractivity contribution is -0.890. The number of likely N-dealkylation sites (N-methyl/N-ethyl adjacent to an activating group) is 1. The molecule has 3 rings (SSSR count). The minimum absolute atomic E-state index is 0.0306. The second-order valence-electron chi connectivity index (χ2n) is 7.37. The number of nitrogens with one attached hydrogen (secondary N) is 2. The van der Waals surface area contributed by atoms with Gasteiger partial charge in [-0.1, -0.05) is 12.1 Å². The van der Waals surface area contributed by atoms with Gasteiger partial charge >= 0.3 is 5.63 Å². The molecule has 3 aromatic rings. The Labute approximate surface area is 175 Å². The van der Waals surface area contributed by atoms with Crippen molar-refractivity contribution < 1.29 is 23.6 Å². The van der Waals surface area contributed by atoms with Gasteiger partial charge in [0.2, 0.25) is 0 Å². The minimum Gasteiger partial charge on any atom is -0.496 e. The van der Waals surface area contributed by atoms with Gasteiger partial charge in [-0.3, -0.25) is 4.79 Å². The maximum Gasteiger partial charge on any atom is 0.336 e. The van der Waals surface area contributed by atoms with Crippen molar-refractivity contribution in [1.29, 1.82) is 0 Å². The number of fused-ring (bicyclic) bond motifs is 1. The van der Waals surface area contributed by atoms with Crippen LogP contribution in [0.1, 0.15) is 17.2 Å². The molecule has 0 aliphatic heterocycles. The Bertz CT molecular complexity index is 1090. The van der Waals surface area contributed by atoms with Gasteiger partial charge in [0.1, 0.15) is 23.1 Å². The van der Waals surface area contributed by atoms with E-state index in [0.29, 0.717) is 17.9 Å². The first-order valence-corrected chi connectivity index (χ1v) is 9.76. The van der Waals surface area contributed by atoms with Crippen molar-refractivity contribution in [2.75, 3.05) is 34.4 Å². The van der Waals surface area contributed by atoms with Gasteiger partial charge in [0.25, 0.3) is 5.91 Å². The summed E-state index contributed by atoms with van der Waals surface area (Å²) in [5, 5.41) is 3.76. The molecule has 1 atom stereocenters. The number of carbonyl (C=O) groups is 1. The third-order valence-electron chi connectivity index (χ3n) is 5.01. The number of rotatable bonds is 8. The van der Waals surface area contributed by atoms with Crippen molar-refractivity contribution in [2.45, 2.75) is 13.0 Å². The first-order chi connectivity index (χ1) is 14.4. The predicted octanol–water partition coefficient (Wildman–Crippen LogP) is 1.49. The van der Waals surface area contributed by atoms with Crippen LogP contribution in [0.25, 0.3) is 11.0 Å². The zero-order valence-electron chi connectivity index (χ0n) is 17.7. The highest BCUT2D eigenvalue weighted by Crippen LogP contribution is 2.23. The van der Waals surface area contributed by atoms with E-state index in [1.807, 2.05) is 51.4 Å². The van der Waals surface area contributed by atoms with Crippen LogP contribution in [0.15, 0.2) is 57.7 Å². The lowest BCUT2D eigenvalue weighted by atomic mass is 10.0. The van der Waals surface area contributed by atoms with E-state index in [4.69, 9.17) is 13.9 Å². The summed E-state index contributed by atoms with van der Waals surface area (Å²) in [4.78, 5) is 25.1. The van der Waals surface area contributed by atoms with Crippen LogP contribution < -0.4 is 25.3 Å². The molecule has 30 heavy (non-hydrogen) atoms. The van der Waals surface area contributed by atoms with Crippen molar-refractivity contribution in [3.63, 3.8) is 0 Å². The Morgan fingerprint density at radius 1 is 1.17 bits per heavy atom. The number of methoxy groups -OCH3 is 1. The Morgan fingerprint density at radius 2 is 1.93 bits per heavy atom. The Morgan fingerprint density at radius 3 is 2.67 bits per heavy atom. The molecule has 0 aliphatic rings. The highest BCUT2D eigenvalue weighted by Gasteiger charge is 2.22. The van der Waals surface area contributed by atoms with Crippen LogP contribution >= 0.6 is 0 Å². The van der Waals surface area contributed by atoms with E-state index < -0.39 is 5.63 Å². The van der Waals surface area contributed by atoms with Crippen LogP contribution in [0.2, 0.25) is 0 Å². The molecular formula is C23H27N2O5+. The summed E-state index contributed by atoms with van der Waals surface area (Å²) in [5.41, 5.74) is 1.88. The molecule has 0 unspecified atom stereocenters. The van der Waals surface area contributed by atoms with Crippen LogP contribution in [0.5, 0.6) is 11.5 Å². The first-order valence-electron chi connectivity index (χ1n) is 9.76. The number of benzene rings is 2. The molecule has 0 saturated carbocycles.